The van der Waals surface area contributed by atoms with E-state index in [2.05, 4.69) is 54.7 Å². The summed E-state index contributed by atoms with van der Waals surface area (Å²) in [5.41, 5.74) is 4.84. The lowest BCUT2D eigenvalue weighted by molar-refractivity contribution is 0.284. The third-order valence-electron chi connectivity index (χ3n) is 4.82. The van der Waals surface area contributed by atoms with Crippen molar-refractivity contribution < 1.29 is 14.2 Å². The van der Waals surface area contributed by atoms with Gasteiger partial charge in [-0.3, -0.25) is 0 Å². The molecule has 0 saturated carbocycles. The smallest absolute Gasteiger partial charge is 0.161 e. The van der Waals surface area contributed by atoms with Gasteiger partial charge >= 0.3 is 0 Å². The minimum Gasteiger partial charge on any atom is -0.497 e. The summed E-state index contributed by atoms with van der Waals surface area (Å²) in [6, 6.07) is 22.6. The van der Waals surface area contributed by atoms with Gasteiger partial charge in [0.05, 0.1) is 14.2 Å². The number of methoxy groups -OCH3 is 2. The Labute approximate surface area is 185 Å². The highest BCUT2D eigenvalue weighted by atomic mass is 35.5. The van der Waals surface area contributed by atoms with Gasteiger partial charge in [0.2, 0.25) is 0 Å². The third kappa shape index (κ3) is 6.97. The Hall–Kier alpha value is -2.69. The van der Waals surface area contributed by atoms with Crippen molar-refractivity contribution in [3.63, 3.8) is 0 Å². The minimum atomic E-state index is 0. The first-order chi connectivity index (χ1) is 14.2. The molecule has 0 aliphatic rings. The maximum Gasteiger partial charge on any atom is 0.161 e. The molecule has 0 radical (unpaired) electrons. The second kappa shape index (κ2) is 12.1. The van der Waals surface area contributed by atoms with Crippen LogP contribution in [0.5, 0.6) is 17.2 Å². The largest absolute Gasteiger partial charge is 0.497 e. The lowest BCUT2D eigenvalue weighted by Crippen LogP contribution is -2.16. The third-order valence-corrected chi connectivity index (χ3v) is 4.82. The van der Waals surface area contributed by atoms with Crippen molar-refractivity contribution in [1.82, 2.24) is 5.32 Å². The van der Waals surface area contributed by atoms with Crippen LogP contribution in [0.4, 0.5) is 0 Å². The molecule has 0 spiro atoms. The van der Waals surface area contributed by atoms with E-state index in [1.54, 1.807) is 14.2 Å². The fourth-order valence-electron chi connectivity index (χ4n) is 3.04. The molecule has 1 N–H and O–H groups in total. The van der Waals surface area contributed by atoms with E-state index in [4.69, 9.17) is 14.2 Å². The fourth-order valence-corrected chi connectivity index (χ4v) is 3.04. The number of benzene rings is 3. The van der Waals surface area contributed by atoms with E-state index in [-0.39, 0.29) is 12.4 Å². The van der Waals surface area contributed by atoms with Crippen LogP contribution in [0.3, 0.4) is 0 Å². The molecule has 5 heteroatoms. The molecule has 3 aromatic carbocycles. The summed E-state index contributed by atoms with van der Waals surface area (Å²) in [7, 11) is 3.36. The highest BCUT2D eigenvalue weighted by Gasteiger charge is 2.06. The van der Waals surface area contributed by atoms with Crippen LogP contribution in [0.1, 0.15) is 22.3 Å². The Morgan fingerprint density at radius 1 is 0.733 bits per heavy atom. The Morgan fingerprint density at radius 3 is 2.07 bits per heavy atom. The van der Waals surface area contributed by atoms with Crippen LogP contribution in [-0.4, -0.2) is 20.8 Å². The number of aryl methyl sites for hydroxylation is 1. The van der Waals surface area contributed by atoms with Crippen LogP contribution < -0.4 is 19.5 Å². The first-order valence-electron chi connectivity index (χ1n) is 9.87. The summed E-state index contributed by atoms with van der Waals surface area (Å²) in [6.07, 6.45) is 0.971. The van der Waals surface area contributed by atoms with Gasteiger partial charge in [-0.05, 0) is 60.8 Å². The van der Waals surface area contributed by atoms with Gasteiger partial charge < -0.3 is 19.5 Å². The monoisotopic (exact) mass is 427 g/mol. The van der Waals surface area contributed by atoms with Crippen molar-refractivity contribution in [3.8, 4) is 17.2 Å². The van der Waals surface area contributed by atoms with Crippen molar-refractivity contribution in [2.24, 2.45) is 0 Å². The second-order valence-corrected chi connectivity index (χ2v) is 7.03. The van der Waals surface area contributed by atoms with Crippen molar-refractivity contribution in [3.05, 3.63) is 89.0 Å². The molecule has 0 aliphatic heterocycles. The standard InChI is InChI=1S/C25H29NO3.ClH/c1-19-4-6-21(7-5-19)18-29-24-13-10-22(16-25(24)28-3)17-26-15-14-20-8-11-23(27-2)12-9-20;/h4-13,16,26H,14-15,17-18H2,1-3H3;1H. The molecule has 0 atom stereocenters. The van der Waals surface area contributed by atoms with Gasteiger partial charge in [-0.2, -0.15) is 0 Å². The van der Waals surface area contributed by atoms with Crippen LogP contribution in [0.25, 0.3) is 0 Å². The maximum atomic E-state index is 5.96. The molecule has 0 bridgehead atoms. The molecule has 160 valence electrons. The van der Waals surface area contributed by atoms with Crippen LogP contribution >= 0.6 is 12.4 Å². The van der Waals surface area contributed by atoms with Crippen molar-refractivity contribution in [2.45, 2.75) is 26.5 Å². The maximum absolute atomic E-state index is 5.96. The van der Waals surface area contributed by atoms with Gasteiger partial charge in [0.1, 0.15) is 12.4 Å². The lowest BCUT2D eigenvalue weighted by atomic mass is 10.1. The molecule has 0 saturated heterocycles. The summed E-state index contributed by atoms with van der Waals surface area (Å²) in [5.74, 6) is 2.40. The molecule has 0 fully saturated rings. The van der Waals surface area contributed by atoms with Gasteiger partial charge in [-0.25, -0.2) is 0 Å². The van der Waals surface area contributed by atoms with E-state index in [1.807, 2.05) is 24.3 Å². The zero-order chi connectivity index (χ0) is 20.5. The van der Waals surface area contributed by atoms with Gasteiger partial charge in [-0.15, -0.1) is 12.4 Å². The van der Waals surface area contributed by atoms with E-state index in [9.17, 15) is 0 Å². The zero-order valence-electron chi connectivity index (χ0n) is 17.8. The zero-order valence-corrected chi connectivity index (χ0v) is 18.6. The van der Waals surface area contributed by atoms with Crippen molar-refractivity contribution in [1.29, 1.82) is 0 Å². The molecule has 0 heterocycles. The first kappa shape index (κ1) is 23.6. The number of halogens is 1. The number of nitrogens with one attached hydrogen (secondary N) is 1. The quantitative estimate of drug-likeness (QED) is 0.443. The second-order valence-electron chi connectivity index (χ2n) is 7.03. The summed E-state index contributed by atoms with van der Waals surface area (Å²) in [4.78, 5) is 0. The summed E-state index contributed by atoms with van der Waals surface area (Å²) >= 11 is 0. The van der Waals surface area contributed by atoms with Gasteiger partial charge in [0, 0.05) is 6.54 Å². The topological polar surface area (TPSA) is 39.7 Å². The molecule has 0 aliphatic carbocycles. The normalized spacial score (nSPS) is 10.2. The Bertz CT molecular complexity index is 895. The first-order valence-corrected chi connectivity index (χ1v) is 9.87. The van der Waals surface area contributed by atoms with Crippen LogP contribution in [0.2, 0.25) is 0 Å². The highest BCUT2D eigenvalue weighted by molar-refractivity contribution is 5.85. The predicted octanol–water partition coefficient (Wildman–Crippen LogP) is 5.35. The Balaban J connectivity index is 0.00000320. The average molecular weight is 428 g/mol. The van der Waals surface area contributed by atoms with Gasteiger partial charge in [0.25, 0.3) is 0 Å². The molecular weight excluding hydrogens is 398 g/mol. The molecule has 4 nitrogen and oxygen atoms in total. The SMILES string of the molecule is COc1ccc(CCNCc2ccc(OCc3ccc(C)cc3)c(OC)c2)cc1.Cl. The number of rotatable bonds is 10. The molecule has 0 aromatic heterocycles. The predicted molar refractivity (Wildman–Crippen MR) is 124 cm³/mol. The van der Waals surface area contributed by atoms with Crippen LogP contribution in [0.15, 0.2) is 66.7 Å². The van der Waals surface area contributed by atoms with E-state index >= 15 is 0 Å². The summed E-state index contributed by atoms with van der Waals surface area (Å²) in [5, 5.41) is 3.49. The lowest BCUT2D eigenvalue weighted by Gasteiger charge is -2.13. The highest BCUT2D eigenvalue weighted by Crippen LogP contribution is 2.29. The number of hydrogen-bond donors (Lipinski definition) is 1. The van der Waals surface area contributed by atoms with Crippen molar-refractivity contribution >= 4 is 12.4 Å². The fraction of sp³-hybridized carbons (Fsp3) is 0.280. The van der Waals surface area contributed by atoms with E-state index in [0.717, 1.165) is 42.3 Å². The molecule has 3 aromatic rings. The van der Waals surface area contributed by atoms with Crippen LogP contribution in [0, 0.1) is 6.92 Å². The van der Waals surface area contributed by atoms with Crippen molar-refractivity contribution in [2.75, 3.05) is 20.8 Å². The minimum absolute atomic E-state index is 0. The molecule has 0 amide bonds. The molecule has 0 unspecified atom stereocenters. The Kier molecular flexibility index (Phi) is 9.52. The summed E-state index contributed by atoms with van der Waals surface area (Å²) < 4.78 is 16.7. The number of hydrogen-bond acceptors (Lipinski definition) is 4. The number of ether oxygens (including phenoxy) is 3. The van der Waals surface area contributed by atoms with Gasteiger partial charge in [0.15, 0.2) is 11.5 Å². The molecule has 3 rings (SSSR count). The average Bonchev–Trinajstić information content (AvgIpc) is 2.77. The molecule has 30 heavy (non-hydrogen) atoms. The van der Waals surface area contributed by atoms with E-state index in [1.165, 1.54) is 16.7 Å². The van der Waals surface area contributed by atoms with Crippen LogP contribution in [-0.2, 0) is 19.6 Å². The van der Waals surface area contributed by atoms with Gasteiger partial charge in [-0.1, -0.05) is 48.0 Å². The van der Waals surface area contributed by atoms with E-state index < -0.39 is 0 Å². The Morgan fingerprint density at radius 2 is 1.40 bits per heavy atom. The van der Waals surface area contributed by atoms with E-state index in [0.29, 0.717) is 6.61 Å². The summed E-state index contributed by atoms with van der Waals surface area (Å²) in [6.45, 7) is 4.29. The molecular formula is C25H30ClNO3.